The van der Waals surface area contributed by atoms with Gasteiger partial charge in [0.05, 0.1) is 0 Å². The highest BCUT2D eigenvalue weighted by Crippen LogP contribution is 2.36. The Hall–Kier alpha value is -3.14. The third-order valence-corrected chi connectivity index (χ3v) is 7.43. The first kappa shape index (κ1) is 26.9. The van der Waals surface area contributed by atoms with E-state index in [2.05, 4.69) is 13.5 Å². The first-order valence-corrected chi connectivity index (χ1v) is 13.3. The average Bonchev–Trinajstić information content (AvgIpc) is 2.93. The maximum atomic E-state index is 15.1. The smallest absolute Gasteiger partial charge is 0.167 e. The van der Waals surface area contributed by atoms with Gasteiger partial charge >= 0.3 is 0 Å². The summed E-state index contributed by atoms with van der Waals surface area (Å²) in [5, 5.41) is 0. The van der Waals surface area contributed by atoms with Crippen LogP contribution in [0.2, 0.25) is 0 Å². The van der Waals surface area contributed by atoms with E-state index in [4.69, 9.17) is 0 Å². The van der Waals surface area contributed by atoms with Gasteiger partial charge in [0, 0.05) is 16.7 Å². The van der Waals surface area contributed by atoms with Crippen molar-refractivity contribution in [2.75, 3.05) is 0 Å². The van der Waals surface area contributed by atoms with Crippen molar-refractivity contribution in [3.8, 4) is 22.3 Å². The lowest BCUT2D eigenvalue weighted by molar-refractivity contribution is 0.497. The zero-order valence-electron chi connectivity index (χ0n) is 21.4. The molecule has 0 aliphatic heterocycles. The number of allylic oxidation sites excluding steroid dienone is 3. The van der Waals surface area contributed by atoms with E-state index in [1.807, 2.05) is 12.2 Å². The van der Waals surface area contributed by atoms with Crippen molar-refractivity contribution in [3.05, 3.63) is 102 Å². The van der Waals surface area contributed by atoms with Crippen LogP contribution in [-0.2, 0) is 6.42 Å². The van der Waals surface area contributed by atoms with Crippen molar-refractivity contribution in [3.63, 3.8) is 0 Å². The van der Waals surface area contributed by atoms with Crippen LogP contribution in [-0.4, -0.2) is 0 Å². The summed E-state index contributed by atoms with van der Waals surface area (Å²) in [4.78, 5) is 0. The van der Waals surface area contributed by atoms with Gasteiger partial charge in [0.25, 0.3) is 0 Å². The first-order chi connectivity index (χ1) is 17.9. The Balaban J connectivity index is 1.52. The van der Waals surface area contributed by atoms with Crippen molar-refractivity contribution in [2.24, 2.45) is 5.92 Å². The zero-order valence-corrected chi connectivity index (χ0v) is 21.4. The molecule has 0 amide bonds. The fraction of sp³-hybridized carbons (Fsp3) is 0.333. The zero-order chi connectivity index (χ0) is 26.4. The van der Waals surface area contributed by atoms with Crippen LogP contribution < -0.4 is 0 Å². The second-order valence-electron chi connectivity index (χ2n) is 9.93. The van der Waals surface area contributed by atoms with E-state index >= 15 is 8.78 Å². The van der Waals surface area contributed by atoms with Gasteiger partial charge in [0.15, 0.2) is 23.3 Å². The van der Waals surface area contributed by atoms with E-state index in [9.17, 15) is 8.78 Å². The molecule has 0 fully saturated rings. The second-order valence-corrected chi connectivity index (χ2v) is 9.93. The molecule has 0 nitrogen and oxygen atoms in total. The molecule has 4 rings (SSSR count). The number of unbranched alkanes of at least 4 members (excludes halogenated alkanes) is 4. The van der Waals surface area contributed by atoms with Gasteiger partial charge in [-0.2, -0.15) is 0 Å². The Bertz CT molecular complexity index is 1270. The highest BCUT2D eigenvalue weighted by molar-refractivity contribution is 5.74. The third-order valence-electron chi connectivity index (χ3n) is 7.43. The van der Waals surface area contributed by atoms with Gasteiger partial charge in [0.1, 0.15) is 0 Å². The summed E-state index contributed by atoms with van der Waals surface area (Å²) in [5.74, 6) is -3.07. The molecule has 1 aliphatic rings. The second kappa shape index (κ2) is 12.4. The summed E-state index contributed by atoms with van der Waals surface area (Å²) in [5.41, 5.74) is 2.75. The molecule has 0 heterocycles. The Morgan fingerprint density at radius 2 is 1.30 bits per heavy atom. The van der Waals surface area contributed by atoms with E-state index in [0.29, 0.717) is 41.0 Å². The van der Waals surface area contributed by atoms with Gasteiger partial charge in [0.2, 0.25) is 0 Å². The predicted octanol–water partition coefficient (Wildman–Crippen LogP) is 10.5. The molecule has 3 aromatic carbocycles. The van der Waals surface area contributed by atoms with Crippen molar-refractivity contribution in [2.45, 2.75) is 64.7 Å². The van der Waals surface area contributed by atoms with Gasteiger partial charge in [-0.15, -0.1) is 6.58 Å². The van der Waals surface area contributed by atoms with Crippen LogP contribution in [0.5, 0.6) is 0 Å². The van der Waals surface area contributed by atoms with Gasteiger partial charge in [-0.05, 0) is 60.3 Å². The number of halogens is 4. The molecule has 1 atom stereocenters. The first-order valence-electron chi connectivity index (χ1n) is 13.3. The lowest BCUT2D eigenvalue weighted by Crippen LogP contribution is -2.04. The molecular weight excluding hydrogens is 472 g/mol. The molecule has 4 heteroatoms. The summed E-state index contributed by atoms with van der Waals surface area (Å²) in [6.45, 7) is 5.95. The Morgan fingerprint density at radius 1 is 0.730 bits per heavy atom. The normalized spacial score (nSPS) is 15.5. The van der Waals surface area contributed by atoms with Crippen LogP contribution in [0.3, 0.4) is 0 Å². The summed E-state index contributed by atoms with van der Waals surface area (Å²) < 4.78 is 59.7. The lowest BCUT2D eigenvalue weighted by Gasteiger charge is -2.20. The molecule has 0 spiro atoms. The predicted molar refractivity (Wildman–Crippen MR) is 145 cm³/mol. The average molecular weight is 507 g/mol. The fourth-order valence-corrected chi connectivity index (χ4v) is 5.09. The quantitative estimate of drug-likeness (QED) is 0.146. The SMILES string of the molecule is C=CC1CC=C(c2ccc(-c3ccc(-c4ccc(CCCCCCC)c(F)c4F)cc3)c(F)c2F)CC1. The summed E-state index contributed by atoms with van der Waals surface area (Å²) in [6.07, 6.45) is 11.9. The highest BCUT2D eigenvalue weighted by Gasteiger charge is 2.21. The van der Waals surface area contributed by atoms with Crippen LogP contribution >= 0.6 is 0 Å². The number of benzene rings is 3. The van der Waals surface area contributed by atoms with E-state index in [-0.39, 0.29) is 11.1 Å². The highest BCUT2D eigenvalue weighted by atomic mass is 19.2. The largest absolute Gasteiger partial charge is 0.203 e. The van der Waals surface area contributed by atoms with E-state index in [0.717, 1.165) is 50.5 Å². The van der Waals surface area contributed by atoms with Crippen molar-refractivity contribution >= 4 is 5.57 Å². The summed E-state index contributed by atoms with van der Waals surface area (Å²) in [7, 11) is 0. The molecular formula is C33H34F4. The number of aryl methyl sites for hydroxylation is 1. The minimum Gasteiger partial charge on any atom is -0.203 e. The molecule has 0 aromatic heterocycles. The van der Waals surface area contributed by atoms with Crippen molar-refractivity contribution < 1.29 is 17.6 Å². The maximum Gasteiger partial charge on any atom is 0.167 e. The van der Waals surface area contributed by atoms with E-state index in [1.165, 1.54) is 0 Å². The van der Waals surface area contributed by atoms with Crippen LogP contribution in [0.25, 0.3) is 27.8 Å². The summed E-state index contributed by atoms with van der Waals surface area (Å²) >= 11 is 0. The Morgan fingerprint density at radius 3 is 1.89 bits per heavy atom. The van der Waals surface area contributed by atoms with Crippen LogP contribution in [0.4, 0.5) is 17.6 Å². The van der Waals surface area contributed by atoms with Crippen LogP contribution in [0.15, 0.2) is 67.3 Å². The molecule has 1 unspecified atom stereocenters. The molecule has 37 heavy (non-hydrogen) atoms. The molecule has 194 valence electrons. The van der Waals surface area contributed by atoms with Crippen molar-refractivity contribution in [1.82, 2.24) is 0 Å². The number of hydrogen-bond donors (Lipinski definition) is 0. The maximum absolute atomic E-state index is 15.1. The third kappa shape index (κ3) is 6.06. The Labute approximate surface area is 217 Å². The molecule has 0 saturated heterocycles. The lowest BCUT2D eigenvalue weighted by atomic mass is 9.86. The number of rotatable bonds is 10. The van der Waals surface area contributed by atoms with Crippen LogP contribution in [0, 0.1) is 29.2 Å². The minimum absolute atomic E-state index is 0.137. The number of hydrogen-bond acceptors (Lipinski definition) is 0. The van der Waals surface area contributed by atoms with Crippen LogP contribution in [0.1, 0.15) is 69.4 Å². The molecule has 0 radical (unpaired) electrons. The summed E-state index contributed by atoms with van der Waals surface area (Å²) in [6, 6.07) is 12.9. The van der Waals surface area contributed by atoms with E-state index in [1.54, 1.807) is 48.5 Å². The molecule has 1 aliphatic carbocycles. The molecule has 3 aromatic rings. The molecule has 0 N–H and O–H groups in total. The van der Waals surface area contributed by atoms with Gasteiger partial charge in [-0.3, -0.25) is 0 Å². The molecule has 0 saturated carbocycles. The Kier molecular flexibility index (Phi) is 9.02. The monoisotopic (exact) mass is 506 g/mol. The van der Waals surface area contributed by atoms with E-state index < -0.39 is 23.3 Å². The molecule has 0 bridgehead atoms. The van der Waals surface area contributed by atoms with Gasteiger partial charge < -0.3 is 0 Å². The minimum atomic E-state index is -0.905. The van der Waals surface area contributed by atoms with Gasteiger partial charge in [-0.25, -0.2) is 17.6 Å². The standard InChI is InChI=1S/C33H34F4/c1-3-5-6-7-8-9-26-18-19-27(31(35)30(26)34)24-14-16-25(17-15-24)29-21-20-28(32(36)33(29)37)23-12-10-22(4-2)11-13-23/h4,12,14-22H,2-3,5-11,13H2,1H3. The fourth-order valence-electron chi connectivity index (χ4n) is 5.09. The topological polar surface area (TPSA) is 0 Å². The van der Waals surface area contributed by atoms with Gasteiger partial charge in [-0.1, -0.05) is 93.3 Å². The van der Waals surface area contributed by atoms with Crippen molar-refractivity contribution in [1.29, 1.82) is 0 Å².